The lowest BCUT2D eigenvalue weighted by Crippen LogP contribution is -2.10. The molecule has 2 spiro atoms. The van der Waals surface area contributed by atoms with Crippen molar-refractivity contribution in [3.8, 4) is 0 Å². The van der Waals surface area contributed by atoms with Crippen LogP contribution in [0.4, 0.5) is 0 Å². The summed E-state index contributed by atoms with van der Waals surface area (Å²) in [4.78, 5) is 0. The molecule has 62 valence electrons. The molecule has 3 saturated carbocycles. The molecule has 3 aliphatic carbocycles. The Morgan fingerprint density at radius 3 is 1.36 bits per heavy atom. The second-order valence-corrected chi connectivity index (χ2v) is 6.11. The molecule has 0 unspecified atom stereocenters. The first-order valence-corrected chi connectivity index (χ1v) is 5.03. The number of hydrogen-bond acceptors (Lipinski definition) is 0. The van der Waals surface area contributed by atoms with E-state index < -0.39 is 0 Å². The molecule has 0 heterocycles. The molecule has 3 aliphatic rings. The van der Waals surface area contributed by atoms with Gasteiger partial charge in [-0.1, -0.05) is 20.8 Å². The van der Waals surface area contributed by atoms with Crippen molar-refractivity contribution in [2.75, 3.05) is 0 Å². The third-order valence-corrected chi connectivity index (χ3v) is 4.46. The minimum atomic E-state index is 0.604. The molecule has 0 atom stereocenters. The molecule has 3 fully saturated rings. The molecule has 0 N–H and O–H groups in total. The second kappa shape index (κ2) is 1.30. The van der Waals surface area contributed by atoms with Crippen molar-refractivity contribution in [1.29, 1.82) is 0 Å². The highest BCUT2D eigenvalue weighted by Gasteiger charge is 2.87. The van der Waals surface area contributed by atoms with Crippen LogP contribution in [-0.4, -0.2) is 0 Å². The van der Waals surface area contributed by atoms with Gasteiger partial charge < -0.3 is 0 Å². The van der Waals surface area contributed by atoms with E-state index in [-0.39, 0.29) is 0 Å². The summed E-state index contributed by atoms with van der Waals surface area (Å²) in [6.07, 6.45) is 6.26. The Balaban J connectivity index is 1.93. The minimum Gasteiger partial charge on any atom is -0.0599 e. The molecule has 0 amide bonds. The van der Waals surface area contributed by atoms with Crippen molar-refractivity contribution in [3.05, 3.63) is 0 Å². The van der Waals surface area contributed by atoms with Crippen molar-refractivity contribution in [2.45, 2.75) is 46.5 Å². The minimum absolute atomic E-state index is 0.604. The lowest BCUT2D eigenvalue weighted by molar-refractivity contribution is 0.311. The van der Waals surface area contributed by atoms with Gasteiger partial charge in [-0.2, -0.15) is 0 Å². The fraction of sp³-hybridized carbons (Fsp3) is 1.00. The molecule has 3 rings (SSSR count). The van der Waals surface area contributed by atoms with Gasteiger partial charge in [0, 0.05) is 0 Å². The fourth-order valence-electron chi connectivity index (χ4n) is 4.24. The summed E-state index contributed by atoms with van der Waals surface area (Å²) >= 11 is 0. The smallest absolute Gasteiger partial charge is 0.0199 e. The van der Waals surface area contributed by atoms with Crippen molar-refractivity contribution < 1.29 is 0 Å². The lowest BCUT2D eigenvalue weighted by Gasteiger charge is -2.18. The molecule has 0 aliphatic heterocycles. The van der Waals surface area contributed by atoms with Crippen molar-refractivity contribution in [2.24, 2.45) is 22.2 Å². The standard InChI is InChI=1S/C11H18/c1-9(2,3)8-10(4-5-10)11(8)6-7-11/h8H,4-7H2,1-3H3. The summed E-state index contributed by atoms with van der Waals surface area (Å²) in [5.41, 5.74) is 2.42. The van der Waals surface area contributed by atoms with Crippen LogP contribution in [0.5, 0.6) is 0 Å². The zero-order valence-electron chi connectivity index (χ0n) is 7.91. The van der Waals surface area contributed by atoms with E-state index >= 15 is 0 Å². The van der Waals surface area contributed by atoms with Crippen molar-refractivity contribution in [1.82, 2.24) is 0 Å². The van der Waals surface area contributed by atoms with Gasteiger partial charge in [-0.15, -0.1) is 0 Å². The second-order valence-electron chi connectivity index (χ2n) is 6.11. The number of rotatable bonds is 0. The molecular formula is C11H18. The normalized spacial score (nSPS) is 41.2. The highest BCUT2D eigenvalue weighted by atomic mass is 14.9. The summed E-state index contributed by atoms with van der Waals surface area (Å²) in [6.45, 7) is 7.31. The zero-order valence-corrected chi connectivity index (χ0v) is 7.91. The highest BCUT2D eigenvalue weighted by molar-refractivity contribution is 5.36. The van der Waals surface area contributed by atoms with Crippen LogP contribution in [0.25, 0.3) is 0 Å². The average Bonchev–Trinajstić information content (AvgIpc) is 2.58. The summed E-state index contributed by atoms with van der Waals surface area (Å²) < 4.78 is 0. The van der Waals surface area contributed by atoms with E-state index in [1.54, 1.807) is 25.7 Å². The van der Waals surface area contributed by atoms with Crippen LogP contribution >= 0.6 is 0 Å². The van der Waals surface area contributed by atoms with E-state index in [0.717, 1.165) is 16.7 Å². The van der Waals surface area contributed by atoms with Gasteiger partial charge >= 0.3 is 0 Å². The van der Waals surface area contributed by atoms with Gasteiger partial charge in [-0.25, -0.2) is 0 Å². The van der Waals surface area contributed by atoms with Gasteiger partial charge in [-0.05, 0) is 47.8 Å². The third kappa shape index (κ3) is 0.522. The Kier molecular flexibility index (Phi) is 0.767. The molecule has 0 heteroatoms. The molecular weight excluding hydrogens is 132 g/mol. The largest absolute Gasteiger partial charge is 0.0599 e. The summed E-state index contributed by atoms with van der Waals surface area (Å²) in [6, 6.07) is 0. The van der Waals surface area contributed by atoms with Crippen LogP contribution in [0.15, 0.2) is 0 Å². The number of hydrogen-bond donors (Lipinski definition) is 0. The Hall–Kier alpha value is 0. The van der Waals surface area contributed by atoms with Crippen LogP contribution in [-0.2, 0) is 0 Å². The van der Waals surface area contributed by atoms with E-state index in [2.05, 4.69) is 20.8 Å². The molecule has 0 aromatic heterocycles. The van der Waals surface area contributed by atoms with Gasteiger partial charge in [0.05, 0.1) is 0 Å². The molecule has 0 aromatic rings. The van der Waals surface area contributed by atoms with E-state index in [4.69, 9.17) is 0 Å². The molecule has 0 saturated heterocycles. The maximum atomic E-state index is 2.44. The lowest BCUT2D eigenvalue weighted by atomic mass is 9.87. The quantitative estimate of drug-likeness (QED) is 0.497. The first kappa shape index (κ1) is 6.51. The number of fused-ring (bicyclic) bond motifs is 1. The Labute approximate surface area is 69.4 Å². The summed E-state index contributed by atoms with van der Waals surface area (Å²) in [7, 11) is 0. The van der Waals surface area contributed by atoms with Crippen LogP contribution in [0.2, 0.25) is 0 Å². The Bertz CT molecular complexity index is 193. The Morgan fingerprint density at radius 2 is 1.27 bits per heavy atom. The molecule has 0 nitrogen and oxygen atoms in total. The van der Waals surface area contributed by atoms with Gasteiger partial charge in [0.15, 0.2) is 0 Å². The molecule has 0 radical (unpaired) electrons. The summed E-state index contributed by atoms with van der Waals surface area (Å²) in [5.74, 6) is 1.10. The van der Waals surface area contributed by atoms with Gasteiger partial charge in [0.2, 0.25) is 0 Å². The van der Waals surface area contributed by atoms with Gasteiger partial charge in [0.1, 0.15) is 0 Å². The third-order valence-electron chi connectivity index (χ3n) is 4.46. The van der Waals surface area contributed by atoms with E-state index in [1.807, 2.05) is 0 Å². The maximum absolute atomic E-state index is 2.44. The predicted molar refractivity (Wildman–Crippen MR) is 46.3 cm³/mol. The van der Waals surface area contributed by atoms with E-state index in [1.165, 1.54) is 0 Å². The van der Waals surface area contributed by atoms with Crippen LogP contribution in [0, 0.1) is 22.2 Å². The monoisotopic (exact) mass is 150 g/mol. The topological polar surface area (TPSA) is 0 Å². The molecule has 11 heavy (non-hydrogen) atoms. The van der Waals surface area contributed by atoms with Gasteiger partial charge in [-0.3, -0.25) is 0 Å². The summed E-state index contributed by atoms with van der Waals surface area (Å²) in [5, 5.41) is 0. The first-order valence-electron chi connectivity index (χ1n) is 5.03. The van der Waals surface area contributed by atoms with Gasteiger partial charge in [0.25, 0.3) is 0 Å². The van der Waals surface area contributed by atoms with Crippen molar-refractivity contribution >= 4 is 0 Å². The van der Waals surface area contributed by atoms with Crippen LogP contribution in [0.3, 0.4) is 0 Å². The first-order chi connectivity index (χ1) is 5.03. The van der Waals surface area contributed by atoms with E-state index in [0.29, 0.717) is 5.41 Å². The maximum Gasteiger partial charge on any atom is -0.0199 e. The zero-order chi connectivity index (χ0) is 7.91. The fourth-order valence-corrected chi connectivity index (χ4v) is 4.24. The Morgan fingerprint density at radius 1 is 0.909 bits per heavy atom. The van der Waals surface area contributed by atoms with E-state index in [9.17, 15) is 0 Å². The highest BCUT2D eigenvalue weighted by Crippen LogP contribution is 2.95. The average molecular weight is 150 g/mol. The van der Waals surface area contributed by atoms with Crippen molar-refractivity contribution in [3.63, 3.8) is 0 Å². The predicted octanol–water partition coefficient (Wildman–Crippen LogP) is 3.22. The SMILES string of the molecule is CC(C)(C)C1C2(CC2)C12CC2. The molecule has 0 aromatic carbocycles. The van der Waals surface area contributed by atoms with Crippen LogP contribution < -0.4 is 0 Å². The van der Waals surface area contributed by atoms with Crippen LogP contribution in [0.1, 0.15) is 46.5 Å². The molecule has 0 bridgehead atoms.